The number of ether oxygens (including phenoxy) is 4. The zero-order valence-electron chi connectivity index (χ0n) is 15.5. The first kappa shape index (κ1) is 20.7. The molecule has 0 aromatic heterocycles. The largest absolute Gasteiger partial charge is 0.508 e. The molecule has 0 radical (unpaired) electrons. The van der Waals surface area contributed by atoms with Crippen molar-refractivity contribution in [2.45, 2.75) is 55.5 Å². The molecule has 0 amide bonds. The third-order valence-corrected chi connectivity index (χ3v) is 7.10. The van der Waals surface area contributed by atoms with Crippen LogP contribution in [0.2, 0.25) is 0 Å². The second kappa shape index (κ2) is 6.74. The van der Waals surface area contributed by atoms with Crippen LogP contribution in [0.3, 0.4) is 0 Å². The number of carbonyl (C=O) groups excluding carboxylic acids is 2. The zero-order chi connectivity index (χ0) is 21.1. The van der Waals surface area contributed by atoms with Gasteiger partial charge in [-0.2, -0.15) is 17.2 Å². The van der Waals surface area contributed by atoms with Crippen LogP contribution in [0.5, 0.6) is 0 Å². The zero-order valence-corrected chi connectivity index (χ0v) is 16.3. The fourth-order valence-electron chi connectivity index (χ4n) is 5.59. The van der Waals surface area contributed by atoms with E-state index in [0.29, 0.717) is 38.7 Å². The molecule has 5 rings (SSSR count). The van der Waals surface area contributed by atoms with Crippen molar-refractivity contribution in [2.75, 3.05) is 19.8 Å². The molecule has 1 aliphatic heterocycles. The van der Waals surface area contributed by atoms with Gasteiger partial charge < -0.3 is 18.9 Å². The minimum atomic E-state index is -5.92. The Morgan fingerprint density at radius 1 is 1.14 bits per heavy atom. The van der Waals surface area contributed by atoms with Gasteiger partial charge in [-0.1, -0.05) is 0 Å². The second-order valence-corrected chi connectivity index (χ2v) is 10.3. The average Bonchev–Trinajstić information content (AvgIpc) is 3.39. The number of hydrogen-bond acceptors (Lipinski definition) is 8. The fraction of sp³-hybridized carbons (Fsp3) is 0.882. The van der Waals surface area contributed by atoms with E-state index in [9.17, 15) is 26.8 Å². The number of esters is 1. The molecule has 164 valence electrons. The summed E-state index contributed by atoms with van der Waals surface area (Å²) in [5.41, 5.74) is -1.50. The number of halogens is 2. The lowest BCUT2D eigenvalue weighted by molar-refractivity contribution is -0.198. The van der Waals surface area contributed by atoms with Gasteiger partial charge in [0.05, 0.1) is 13.2 Å². The monoisotopic (exact) mass is 440 g/mol. The predicted molar refractivity (Wildman–Crippen MR) is 89.5 cm³/mol. The summed E-state index contributed by atoms with van der Waals surface area (Å²) in [6.07, 6.45) is 2.75. The summed E-state index contributed by atoms with van der Waals surface area (Å²) in [4.78, 5) is 23.7. The predicted octanol–water partition coefficient (Wildman–Crippen LogP) is 1.90. The number of epoxide rings is 1. The highest BCUT2D eigenvalue weighted by molar-refractivity contribution is 7.87. The maximum atomic E-state index is 13.5. The summed E-state index contributed by atoms with van der Waals surface area (Å²) in [5, 5.41) is -5.03. The van der Waals surface area contributed by atoms with Crippen molar-refractivity contribution in [3.8, 4) is 0 Å². The van der Waals surface area contributed by atoms with Gasteiger partial charge in [-0.15, -0.1) is 0 Å². The molecule has 12 heteroatoms. The topological polar surface area (TPSA) is 129 Å². The first-order valence-electron chi connectivity index (χ1n) is 9.42. The van der Waals surface area contributed by atoms with Crippen LogP contribution in [0.1, 0.15) is 38.5 Å². The molecule has 3 atom stereocenters. The maximum Gasteiger partial charge on any atom is 0.508 e. The van der Waals surface area contributed by atoms with Gasteiger partial charge in [-0.05, 0) is 50.4 Å². The molecule has 5 aliphatic rings. The van der Waals surface area contributed by atoms with Gasteiger partial charge in [0.2, 0.25) is 0 Å². The SMILES string of the molecule is O=C(OCC1CO1)OC12CC3CC(CC(COC(=O)C(F)(F)S(=O)(=O)O)(C3)C1)C2. The van der Waals surface area contributed by atoms with E-state index in [0.717, 1.165) is 6.42 Å². The van der Waals surface area contributed by atoms with Crippen LogP contribution in [-0.2, 0) is 33.9 Å². The van der Waals surface area contributed by atoms with Crippen LogP contribution < -0.4 is 0 Å². The second-order valence-electron chi connectivity index (χ2n) is 8.83. The first-order chi connectivity index (χ1) is 13.4. The molecule has 1 N–H and O–H groups in total. The van der Waals surface area contributed by atoms with Gasteiger partial charge >= 0.3 is 27.5 Å². The average molecular weight is 440 g/mol. The summed E-state index contributed by atoms with van der Waals surface area (Å²) in [6.45, 7) is 0.209. The van der Waals surface area contributed by atoms with Gasteiger partial charge in [0.25, 0.3) is 0 Å². The van der Waals surface area contributed by atoms with E-state index in [4.69, 9.17) is 18.8 Å². The van der Waals surface area contributed by atoms with Crippen molar-refractivity contribution in [3.63, 3.8) is 0 Å². The quantitative estimate of drug-likeness (QED) is 0.358. The van der Waals surface area contributed by atoms with Crippen molar-refractivity contribution in [3.05, 3.63) is 0 Å². The van der Waals surface area contributed by atoms with E-state index in [-0.39, 0.29) is 24.5 Å². The summed E-state index contributed by atoms with van der Waals surface area (Å²) in [6, 6.07) is 0. The van der Waals surface area contributed by atoms with E-state index in [1.54, 1.807) is 0 Å². The summed E-state index contributed by atoms with van der Waals surface area (Å²) < 4.78 is 77.3. The van der Waals surface area contributed by atoms with E-state index < -0.39 is 45.1 Å². The minimum absolute atomic E-state index is 0.103. The lowest BCUT2D eigenvalue weighted by Crippen LogP contribution is -2.59. The van der Waals surface area contributed by atoms with Crippen LogP contribution in [0.25, 0.3) is 0 Å². The Bertz CT molecular complexity index is 794. The molecule has 0 aromatic rings. The fourth-order valence-corrected chi connectivity index (χ4v) is 5.86. The molecule has 0 spiro atoms. The van der Waals surface area contributed by atoms with E-state index in [2.05, 4.69) is 4.74 Å². The molecule has 4 aliphatic carbocycles. The summed E-state index contributed by atoms with van der Waals surface area (Å²) >= 11 is 0. The minimum Gasteiger partial charge on any atom is -0.460 e. The molecule has 1 heterocycles. The van der Waals surface area contributed by atoms with Crippen molar-refractivity contribution in [2.24, 2.45) is 17.3 Å². The van der Waals surface area contributed by atoms with Gasteiger partial charge in [-0.25, -0.2) is 9.59 Å². The molecule has 4 bridgehead atoms. The van der Waals surface area contributed by atoms with Gasteiger partial charge in [-0.3, -0.25) is 4.55 Å². The van der Waals surface area contributed by atoms with Crippen molar-refractivity contribution in [1.82, 2.24) is 0 Å². The third kappa shape index (κ3) is 4.06. The Labute approximate surface area is 165 Å². The smallest absolute Gasteiger partial charge is 0.460 e. The van der Waals surface area contributed by atoms with Crippen LogP contribution in [-0.4, -0.2) is 61.9 Å². The van der Waals surface area contributed by atoms with E-state index >= 15 is 0 Å². The Kier molecular flexibility index (Phi) is 4.82. The van der Waals surface area contributed by atoms with E-state index in [1.165, 1.54) is 0 Å². The van der Waals surface area contributed by atoms with Gasteiger partial charge in [0, 0.05) is 5.41 Å². The molecule has 3 unspecified atom stereocenters. The van der Waals surface area contributed by atoms with Crippen molar-refractivity contribution >= 4 is 22.2 Å². The normalized spacial score (nSPS) is 37.8. The number of rotatable bonds is 7. The molecule has 29 heavy (non-hydrogen) atoms. The summed E-state index contributed by atoms with van der Waals surface area (Å²) in [5.74, 6) is -1.96. The van der Waals surface area contributed by atoms with Crippen LogP contribution in [0.15, 0.2) is 0 Å². The molecule has 4 saturated carbocycles. The lowest BCUT2D eigenvalue weighted by Gasteiger charge is -2.60. The Balaban J connectivity index is 1.42. The van der Waals surface area contributed by atoms with Crippen LogP contribution in [0.4, 0.5) is 13.6 Å². The van der Waals surface area contributed by atoms with Gasteiger partial charge in [0.1, 0.15) is 18.3 Å². The van der Waals surface area contributed by atoms with E-state index in [1.807, 2.05) is 0 Å². The molecule has 9 nitrogen and oxygen atoms in total. The Morgan fingerprint density at radius 3 is 2.31 bits per heavy atom. The molecule has 1 saturated heterocycles. The lowest BCUT2D eigenvalue weighted by atomic mass is 9.48. The molecular weight excluding hydrogens is 418 g/mol. The van der Waals surface area contributed by atoms with Crippen LogP contribution >= 0.6 is 0 Å². The molecule has 5 fully saturated rings. The first-order valence-corrected chi connectivity index (χ1v) is 10.9. The highest BCUT2D eigenvalue weighted by atomic mass is 32.2. The third-order valence-electron chi connectivity index (χ3n) is 6.29. The van der Waals surface area contributed by atoms with Crippen LogP contribution in [0, 0.1) is 17.3 Å². The molecular formula is C17H22F2O9S. The molecule has 0 aromatic carbocycles. The highest BCUT2D eigenvalue weighted by Gasteiger charge is 2.61. The standard InChI is InChI=1S/C17H22F2O9S/c18-17(19,29(22,23)24)13(20)27-9-15-2-10-1-11(3-15)5-16(4-10,8-15)28-14(21)26-7-12-6-25-12/h10-12H,1-9H2,(H,22,23,24). The number of hydrogen-bond donors (Lipinski definition) is 1. The Morgan fingerprint density at radius 2 is 1.76 bits per heavy atom. The van der Waals surface area contributed by atoms with Crippen molar-refractivity contribution < 1.29 is 50.3 Å². The number of alkyl halides is 2. The number of carbonyl (C=O) groups is 2. The Hall–Kier alpha value is -1.53. The van der Waals surface area contributed by atoms with Crippen molar-refractivity contribution in [1.29, 1.82) is 0 Å². The van der Waals surface area contributed by atoms with Gasteiger partial charge in [0.15, 0.2) is 0 Å². The summed E-state index contributed by atoms with van der Waals surface area (Å²) in [7, 11) is -5.92. The maximum absolute atomic E-state index is 13.5. The highest BCUT2D eigenvalue weighted by Crippen LogP contribution is 2.63.